The summed E-state index contributed by atoms with van der Waals surface area (Å²) in [5.74, 6) is 0. The lowest BCUT2D eigenvalue weighted by Gasteiger charge is -2.05. The smallest absolute Gasteiger partial charge is 0.242 e. The molecule has 0 atom stereocenters. The van der Waals surface area contributed by atoms with E-state index >= 15 is 0 Å². The van der Waals surface area contributed by atoms with Crippen molar-refractivity contribution in [2.45, 2.75) is 30.2 Å². The Kier molecular flexibility index (Phi) is 3.86. The molecule has 0 aromatic carbocycles. The van der Waals surface area contributed by atoms with Gasteiger partial charge in [0.05, 0.1) is 4.90 Å². The first-order chi connectivity index (χ1) is 8.08. The van der Waals surface area contributed by atoms with Crippen LogP contribution in [0.1, 0.15) is 19.3 Å². The molecule has 1 aliphatic rings. The molecule has 0 amide bonds. The highest BCUT2D eigenvalue weighted by molar-refractivity contribution is 7.89. The Bertz CT molecular complexity index is 463. The van der Waals surface area contributed by atoms with Gasteiger partial charge in [-0.1, -0.05) is 0 Å². The van der Waals surface area contributed by atoms with E-state index in [1.807, 2.05) is 0 Å². The molecule has 6 heteroatoms. The number of nitrogens with one attached hydrogen (secondary N) is 2. The SMILES string of the molecule is Cn1ccc(S(=O)(=O)NCCCNC2CC2)c1. The topological polar surface area (TPSA) is 63.1 Å². The Morgan fingerprint density at radius 1 is 1.41 bits per heavy atom. The van der Waals surface area contributed by atoms with Crippen LogP contribution in [0.3, 0.4) is 0 Å². The Morgan fingerprint density at radius 3 is 2.76 bits per heavy atom. The van der Waals surface area contributed by atoms with Crippen molar-refractivity contribution in [1.29, 1.82) is 0 Å². The molecule has 1 fully saturated rings. The van der Waals surface area contributed by atoms with Gasteiger partial charge >= 0.3 is 0 Å². The summed E-state index contributed by atoms with van der Waals surface area (Å²) >= 11 is 0. The standard InChI is InChI=1S/C11H19N3O2S/c1-14-8-5-11(9-14)17(15,16)13-7-2-6-12-10-3-4-10/h5,8-10,12-13H,2-4,6-7H2,1H3. The van der Waals surface area contributed by atoms with Gasteiger partial charge < -0.3 is 9.88 Å². The molecule has 0 saturated heterocycles. The van der Waals surface area contributed by atoms with Crippen LogP contribution in [0.2, 0.25) is 0 Å². The summed E-state index contributed by atoms with van der Waals surface area (Å²) in [6.45, 7) is 1.36. The lowest BCUT2D eigenvalue weighted by Crippen LogP contribution is -2.27. The van der Waals surface area contributed by atoms with E-state index in [0.29, 0.717) is 17.5 Å². The van der Waals surface area contributed by atoms with Crippen molar-refractivity contribution in [3.63, 3.8) is 0 Å². The quantitative estimate of drug-likeness (QED) is 0.697. The summed E-state index contributed by atoms with van der Waals surface area (Å²) in [7, 11) is -1.52. The molecule has 0 aliphatic heterocycles. The molecule has 1 saturated carbocycles. The van der Waals surface area contributed by atoms with Crippen LogP contribution in [-0.2, 0) is 17.1 Å². The zero-order valence-corrected chi connectivity index (χ0v) is 10.8. The highest BCUT2D eigenvalue weighted by atomic mass is 32.2. The third-order valence-electron chi connectivity index (χ3n) is 2.77. The first-order valence-electron chi connectivity index (χ1n) is 5.93. The molecule has 2 rings (SSSR count). The van der Waals surface area contributed by atoms with Crippen LogP contribution < -0.4 is 10.0 Å². The van der Waals surface area contributed by atoms with Gasteiger partial charge in [-0.15, -0.1) is 0 Å². The van der Waals surface area contributed by atoms with Gasteiger partial charge in [-0.05, 0) is 31.9 Å². The Hall–Kier alpha value is -0.850. The van der Waals surface area contributed by atoms with E-state index in [0.717, 1.165) is 13.0 Å². The average Bonchev–Trinajstić information content (AvgIpc) is 2.98. The summed E-state index contributed by atoms with van der Waals surface area (Å²) in [6, 6.07) is 2.28. The number of hydrogen-bond acceptors (Lipinski definition) is 3. The molecule has 17 heavy (non-hydrogen) atoms. The molecule has 0 spiro atoms. The summed E-state index contributed by atoms with van der Waals surface area (Å²) in [6.07, 6.45) is 6.67. The number of nitrogens with zero attached hydrogens (tertiary/aromatic N) is 1. The molecule has 0 radical (unpaired) electrons. The Balaban J connectivity index is 1.73. The molecule has 2 N–H and O–H groups in total. The second kappa shape index (κ2) is 5.20. The number of hydrogen-bond donors (Lipinski definition) is 2. The molecule has 5 nitrogen and oxygen atoms in total. The molecular weight excluding hydrogens is 238 g/mol. The van der Waals surface area contributed by atoms with Crippen LogP contribution >= 0.6 is 0 Å². The van der Waals surface area contributed by atoms with Crippen LogP contribution in [0.5, 0.6) is 0 Å². The van der Waals surface area contributed by atoms with Gasteiger partial charge in [0.1, 0.15) is 0 Å². The fourth-order valence-electron chi connectivity index (χ4n) is 1.61. The van der Waals surface area contributed by atoms with Crippen molar-refractivity contribution in [2.75, 3.05) is 13.1 Å². The van der Waals surface area contributed by atoms with E-state index in [1.54, 1.807) is 30.1 Å². The van der Waals surface area contributed by atoms with E-state index in [4.69, 9.17) is 0 Å². The van der Waals surface area contributed by atoms with Crippen molar-refractivity contribution < 1.29 is 8.42 Å². The molecule has 1 aromatic rings. The second-order valence-corrected chi connectivity index (χ2v) is 6.26. The minimum atomic E-state index is -3.32. The van der Waals surface area contributed by atoms with Gasteiger partial charge in [-0.2, -0.15) is 0 Å². The van der Waals surface area contributed by atoms with Gasteiger partial charge in [-0.3, -0.25) is 0 Å². The average molecular weight is 257 g/mol. The molecule has 1 heterocycles. The Labute approximate surface area is 102 Å². The van der Waals surface area contributed by atoms with Crippen LogP contribution in [0.15, 0.2) is 23.4 Å². The highest BCUT2D eigenvalue weighted by Gasteiger charge is 2.19. The van der Waals surface area contributed by atoms with Crippen molar-refractivity contribution in [3.8, 4) is 0 Å². The zero-order valence-electron chi connectivity index (χ0n) is 10.0. The van der Waals surface area contributed by atoms with E-state index in [2.05, 4.69) is 10.0 Å². The van der Waals surface area contributed by atoms with E-state index < -0.39 is 10.0 Å². The fourth-order valence-corrected chi connectivity index (χ4v) is 2.73. The number of rotatable bonds is 7. The van der Waals surface area contributed by atoms with Crippen molar-refractivity contribution in [3.05, 3.63) is 18.5 Å². The van der Waals surface area contributed by atoms with Gasteiger partial charge in [0, 0.05) is 32.0 Å². The number of sulfonamides is 1. The third-order valence-corrected chi connectivity index (χ3v) is 4.22. The van der Waals surface area contributed by atoms with Crippen molar-refractivity contribution >= 4 is 10.0 Å². The fraction of sp³-hybridized carbons (Fsp3) is 0.636. The van der Waals surface area contributed by atoms with Crippen LogP contribution in [0, 0.1) is 0 Å². The molecular formula is C11H19N3O2S. The van der Waals surface area contributed by atoms with Crippen molar-refractivity contribution in [2.24, 2.45) is 7.05 Å². The molecule has 96 valence electrons. The maximum Gasteiger partial charge on any atom is 0.242 e. The highest BCUT2D eigenvalue weighted by Crippen LogP contribution is 2.18. The maximum atomic E-state index is 11.8. The van der Waals surface area contributed by atoms with Crippen LogP contribution in [0.4, 0.5) is 0 Å². The van der Waals surface area contributed by atoms with E-state index in [1.165, 1.54) is 12.8 Å². The van der Waals surface area contributed by atoms with Crippen molar-refractivity contribution in [1.82, 2.24) is 14.6 Å². The lowest BCUT2D eigenvalue weighted by atomic mass is 10.4. The van der Waals surface area contributed by atoms with Gasteiger partial charge in [0.2, 0.25) is 10.0 Å². The monoisotopic (exact) mass is 257 g/mol. The molecule has 0 bridgehead atoms. The molecule has 1 aromatic heterocycles. The minimum Gasteiger partial charge on any atom is -0.356 e. The zero-order chi connectivity index (χ0) is 12.3. The van der Waals surface area contributed by atoms with Gasteiger partial charge in [0.25, 0.3) is 0 Å². The maximum absolute atomic E-state index is 11.8. The predicted molar refractivity (Wildman–Crippen MR) is 66.2 cm³/mol. The largest absolute Gasteiger partial charge is 0.356 e. The Morgan fingerprint density at radius 2 is 2.18 bits per heavy atom. The molecule has 0 unspecified atom stereocenters. The summed E-state index contributed by atoms with van der Waals surface area (Å²) in [5.41, 5.74) is 0. The van der Waals surface area contributed by atoms with Crippen LogP contribution in [-0.4, -0.2) is 32.1 Å². The second-order valence-electron chi connectivity index (χ2n) is 4.49. The lowest BCUT2D eigenvalue weighted by molar-refractivity contribution is 0.573. The number of aryl methyl sites for hydroxylation is 1. The van der Waals surface area contributed by atoms with E-state index in [9.17, 15) is 8.42 Å². The third kappa shape index (κ3) is 3.83. The summed E-state index contributed by atoms with van der Waals surface area (Å²) < 4.78 is 27.9. The van der Waals surface area contributed by atoms with Crippen LogP contribution in [0.25, 0.3) is 0 Å². The first-order valence-corrected chi connectivity index (χ1v) is 7.41. The van der Waals surface area contributed by atoms with Gasteiger partial charge in [-0.25, -0.2) is 13.1 Å². The molecule has 1 aliphatic carbocycles. The van der Waals surface area contributed by atoms with E-state index in [-0.39, 0.29) is 0 Å². The summed E-state index contributed by atoms with van der Waals surface area (Å²) in [5, 5.41) is 3.35. The number of aromatic nitrogens is 1. The summed E-state index contributed by atoms with van der Waals surface area (Å²) in [4.78, 5) is 0.329. The van der Waals surface area contributed by atoms with Gasteiger partial charge in [0.15, 0.2) is 0 Å². The predicted octanol–water partition coefficient (Wildman–Crippen LogP) is 0.445. The minimum absolute atomic E-state index is 0.329. The normalized spacial score (nSPS) is 16.3. The first kappa shape index (κ1) is 12.6.